The fraction of sp³-hybridized carbons (Fsp3) is 1.00. The lowest BCUT2D eigenvalue weighted by molar-refractivity contribution is 0.243. The molecule has 44 valence electrons. The molecule has 0 aliphatic rings. The van der Waals surface area contributed by atoms with E-state index < -0.39 is 10.0 Å². The van der Waals surface area contributed by atoms with Gasteiger partial charge in [-0.25, -0.2) is 8.42 Å². The van der Waals surface area contributed by atoms with Gasteiger partial charge in [0.25, 0.3) is 0 Å². The SMILES string of the molecule is O=S(=O)(CBr)NO. The van der Waals surface area contributed by atoms with Crippen molar-refractivity contribution in [2.75, 3.05) is 4.66 Å². The summed E-state index contributed by atoms with van der Waals surface area (Å²) in [7, 11) is -3.44. The van der Waals surface area contributed by atoms with E-state index in [0.29, 0.717) is 0 Å². The highest BCUT2D eigenvalue weighted by Crippen LogP contribution is 1.86. The Morgan fingerprint density at radius 3 is 2.14 bits per heavy atom. The minimum Gasteiger partial charge on any atom is -0.302 e. The predicted molar refractivity (Wildman–Crippen MR) is 27.6 cm³/mol. The third kappa shape index (κ3) is 2.98. The van der Waals surface area contributed by atoms with Crippen LogP contribution in [0, 0.1) is 0 Å². The van der Waals surface area contributed by atoms with Crippen LogP contribution in [0.3, 0.4) is 0 Å². The van der Waals surface area contributed by atoms with Gasteiger partial charge in [-0.15, -0.1) is 0 Å². The molecule has 0 radical (unpaired) electrons. The van der Waals surface area contributed by atoms with Crippen LogP contribution in [0.4, 0.5) is 0 Å². The van der Waals surface area contributed by atoms with Gasteiger partial charge in [0.2, 0.25) is 10.0 Å². The van der Waals surface area contributed by atoms with Crippen LogP contribution >= 0.6 is 15.9 Å². The number of hydrogen-bond donors (Lipinski definition) is 2. The van der Waals surface area contributed by atoms with E-state index in [1.807, 2.05) is 0 Å². The van der Waals surface area contributed by atoms with Gasteiger partial charge in [-0.1, -0.05) is 20.8 Å². The fourth-order valence-corrected chi connectivity index (χ4v) is 0.380. The second-order valence-electron chi connectivity index (χ2n) is 0.815. The smallest absolute Gasteiger partial charge is 0.243 e. The van der Waals surface area contributed by atoms with Gasteiger partial charge in [0.15, 0.2) is 0 Å². The molecule has 0 heterocycles. The number of halogens is 1. The normalized spacial score (nSPS) is 11.7. The molecule has 0 fully saturated rings. The summed E-state index contributed by atoms with van der Waals surface area (Å²) in [5, 5.41) is 7.73. The van der Waals surface area contributed by atoms with Gasteiger partial charge >= 0.3 is 0 Å². The Bertz CT molecular complexity index is 118. The van der Waals surface area contributed by atoms with E-state index in [1.54, 1.807) is 0 Å². The van der Waals surface area contributed by atoms with Crippen molar-refractivity contribution in [2.45, 2.75) is 0 Å². The molecule has 7 heavy (non-hydrogen) atoms. The van der Waals surface area contributed by atoms with Gasteiger partial charge in [0.05, 0.1) is 0 Å². The molecule has 6 heteroatoms. The first-order valence-electron chi connectivity index (χ1n) is 1.32. The van der Waals surface area contributed by atoms with Crippen LogP contribution in [-0.4, -0.2) is 18.3 Å². The Morgan fingerprint density at radius 1 is 1.71 bits per heavy atom. The lowest BCUT2D eigenvalue weighted by atomic mass is 11.9. The zero-order valence-electron chi connectivity index (χ0n) is 3.26. The summed E-state index contributed by atoms with van der Waals surface area (Å²) in [5.41, 5.74) is 0. The van der Waals surface area contributed by atoms with Gasteiger partial charge in [-0.2, -0.15) is 0 Å². The minimum absolute atomic E-state index is 0.281. The van der Waals surface area contributed by atoms with Crippen molar-refractivity contribution in [1.29, 1.82) is 0 Å². The second kappa shape index (κ2) is 2.61. The van der Waals surface area contributed by atoms with E-state index >= 15 is 0 Å². The zero-order valence-corrected chi connectivity index (χ0v) is 5.66. The van der Waals surface area contributed by atoms with Crippen LogP contribution in [0.1, 0.15) is 0 Å². The maximum Gasteiger partial charge on any atom is 0.243 e. The van der Waals surface area contributed by atoms with E-state index in [9.17, 15) is 8.42 Å². The van der Waals surface area contributed by atoms with Gasteiger partial charge in [-0.05, 0) is 0 Å². The first kappa shape index (κ1) is 7.35. The molecule has 0 rings (SSSR count). The third-order valence-electron chi connectivity index (χ3n) is 0.283. The maximum absolute atomic E-state index is 9.96. The average molecular weight is 190 g/mol. The molecule has 0 amide bonds. The third-order valence-corrected chi connectivity index (χ3v) is 2.66. The molecule has 2 N–H and O–H groups in total. The van der Waals surface area contributed by atoms with E-state index in [4.69, 9.17) is 5.21 Å². The van der Waals surface area contributed by atoms with E-state index in [2.05, 4.69) is 15.9 Å². The molecule has 0 atom stereocenters. The topological polar surface area (TPSA) is 66.4 Å². The summed E-state index contributed by atoms with van der Waals surface area (Å²) < 4.78 is 19.6. The van der Waals surface area contributed by atoms with Gasteiger partial charge in [0.1, 0.15) is 4.66 Å². The van der Waals surface area contributed by atoms with Crippen molar-refractivity contribution in [2.24, 2.45) is 0 Å². The molecule has 0 unspecified atom stereocenters. The Kier molecular flexibility index (Phi) is 2.74. The van der Waals surface area contributed by atoms with Gasteiger partial charge in [-0.3, -0.25) is 0 Å². The Hall–Kier alpha value is 0.350. The molecule has 0 bridgehead atoms. The lowest BCUT2D eigenvalue weighted by Crippen LogP contribution is -2.19. The first-order valence-corrected chi connectivity index (χ1v) is 4.09. The van der Waals surface area contributed by atoms with Crippen LogP contribution in [-0.2, 0) is 10.0 Å². The number of hydrogen-bond acceptors (Lipinski definition) is 3. The fourth-order valence-electron chi connectivity index (χ4n) is 0.0244. The lowest BCUT2D eigenvalue weighted by Gasteiger charge is -1.89. The van der Waals surface area contributed by atoms with Crippen molar-refractivity contribution in [1.82, 2.24) is 4.89 Å². The van der Waals surface area contributed by atoms with Crippen LogP contribution < -0.4 is 4.89 Å². The zero-order chi connectivity index (χ0) is 5.91. The molecule has 0 saturated heterocycles. The number of nitrogens with one attached hydrogen (secondary N) is 1. The highest BCUT2D eigenvalue weighted by atomic mass is 79.9. The second-order valence-corrected chi connectivity index (χ2v) is 3.82. The van der Waals surface area contributed by atoms with Crippen LogP contribution in [0.15, 0.2) is 0 Å². The molecule has 0 aromatic carbocycles. The molecule has 4 nitrogen and oxygen atoms in total. The molecular weight excluding hydrogens is 186 g/mol. The number of rotatable bonds is 2. The summed E-state index contributed by atoms with van der Waals surface area (Å²) in [6.45, 7) is 0. The predicted octanol–water partition coefficient (Wildman–Crippen LogP) is -0.353. The maximum atomic E-state index is 9.96. The van der Waals surface area contributed by atoms with E-state index in [0.717, 1.165) is 4.89 Å². The number of alkyl halides is 1. The summed E-state index contributed by atoms with van der Waals surface area (Å²) in [4.78, 5) is 1.12. The van der Waals surface area contributed by atoms with Crippen molar-refractivity contribution < 1.29 is 13.6 Å². The Balaban J connectivity index is 3.89. The van der Waals surface area contributed by atoms with Gasteiger partial charge in [0, 0.05) is 0 Å². The van der Waals surface area contributed by atoms with Crippen molar-refractivity contribution in [3.05, 3.63) is 0 Å². The largest absolute Gasteiger partial charge is 0.302 e. The molecule has 0 aliphatic heterocycles. The van der Waals surface area contributed by atoms with E-state index in [1.165, 1.54) is 0 Å². The molecule has 0 aromatic heterocycles. The summed E-state index contributed by atoms with van der Waals surface area (Å²) in [5.74, 6) is 0. The molecule has 0 aliphatic carbocycles. The van der Waals surface area contributed by atoms with Crippen LogP contribution in [0.25, 0.3) is 0 Å². The Labute approximate surface area is 49.7 Å². The van der Waals surface area contributed by atoms with Crippen molar-refractivity contribution in [3.8, 4) is 0 Å². The number of sulfonamides is 1. The highest BCUT2D eigenvalue weighted by molar-refractivity contribution is 9.10. The van der Waals surface area contributed by atoms with Crippen molar-refractivity contribution >= 4 is 26.0 Å². The quantitative estimate of drug-likeness (QED) is 0.461. The van der Waals surface area contributed by atoms with Crippen LogP contribution in [0.2, 0.25) is 0 Å². The standard InChI is InChI=1S/CH4BrNO3S/c2-1-7(5,6)3-4/h3-4H,1H2. The van der Waals surface area contributed by atoms with E-state index in [-0.39, 0.29) is 4.66 Å². The highest BCUT2D eigenvalue weighted by Gasteiger charge is 2.01. The molecular formula is CH4BrNO3S. The summed E-state index contributed by atoms with van der Waals surface area (Å²) in [6, 6.07) is 0. The molecule has 0 spiro atoms. The molecule has 0 saturated carbocycles. The van der Waals surface area contributed by atoms with Crippen molar-refractivity contribution in [3.63, 3.8) is 0 Å². The first-order chi connectivity index (χ1) is 3.12. The minimum atomic E-state index is -3.44. The van der Waals surface area contributed by atoms with Crippen LogP contribution in [0.5, 0.6) is 0 Å². The summed E-state index contributed by atoms with van der Waals surface area (Å²) in [6.07, 6.45) is 0. The average Bonchev–Trinajstić information content (AvgIpc) is 1.68. The van der Waals surface area contributed by atoms with Gasteiger partial charge < -0.3 is 5.21 Å². The summed E-state index contributed by atoms with van der Waals surface area (Å²) >= 11 is 2.62. The monoisotopic (exact) mass is 189 g/mol. The Morgan fingerprint density at radius 2 is 2.14 bits per heavy atom. The molecule has 0 aromatic rings.